The summed E-state index contributed by atoms with van der Waals surface area (Å²) in [6.45, 7) is 1.65. The van der Waals surface area contributed by atoms with Crippen molar-refractivity contribution in [3.05, 3.63) is 125 Å². The van der Waals surface area contributed by atoms with Crippen molar-refractivity contribution >= 4 is 5.97 Å². The highest BCUT2D eigenvalue weighted by Gasteiger charge is 2.31. The van der Waals surface area contributed by atoms with Gasteiger partial charge in [0.2, 0.25) is 0 Å². The van der Waals surface area contributed by atoms with Crippen molar-refractivity contribution in [1.29, 1.82) is 0 Å². The molecule has 6 nitrogen and oxygen atoms in total. The van der Waals surface area contributed by atoms with E-state index in [1.54, 1.807) is 0 Å². The number of carbonyl (C=O) groups is 1. The standard InChI is InChI=1S/C30H29N3O3/c1-2-10-23-17-24(18-26-25(23)15-9-16-28(26)36-20-29(34)35)33-31-19-27(32-33)30(21-11-5-3-6-12-21)22-13-7-4-8-14-22/h2-16,19,23-24,30H,17-18,20H2,1H3,(H,34,35). The van der Waals surface area contributed by atoms with Crippen LogP contribution in [0.5, 0.6) is 5.75 Å². The van der Waals surface area contributed by atoms with Crippen LogP contribution in [0.1, 0.15) is 59.2 Å². The maximum absolute atomic E-state index is 11.1. The number of carboxylic acid groups (broad SMARTS) is 1. The van der Waals surface area contributed by atoms with E-state index in [1.165, 1.54) is 16.7 Å². The van der Waals surface area contributed by atoms with Gasteiger partial charge in [-0.2, -0.15) is 15.0 Å². The summed E-state index contributed by atoms with van der Waals surface area (Å²) >= 11 is 0. The Morgan fingerprint density at radius 2 is 1.75 bits per heavy atom. The van der Waals surface area contributed by atoms with Gasteiger partial charge in [-0.05, 0) is 36.1 Å². The van der Waals surface area contributed by atoms with E-state index in [2.05, 4.69) is 42.5 Å². The summed E-state index contributed by atoms with van der Waals surface area (Å²) in [7, 11) is 0. The van der Waals surface area contributed by atoms with E-state index in [0.29, 0.717) is 12.2 Å². The number of nitrogens with zero attached hydrogens (tertiary/aromatic N) is 3. The van der Waals surface area contributed by atoms with E-state index in [4.69, 9.17) is 20.0 Å². The molecule has 0 saturated carbocycles. The largest absolute Gasteiger partial charge is 0.482 e. The number of benzene rings is 3. The van der Waals surface area contributed by atoms with Crippen molar-refractivity contribution in [2.45, 2.75) is 37.6 Å². The van der Waals surface area contributed by atoms with E-state index in [9.17, 15) is 4.79 Å². The number of carboxylic acids is 1. The number of rotatable bonds is 8. The van der Waals surface area contributed by atoms with Crippen LogP contribution >= 0.6 is 0 Å². The highest BCUT2D eigenvalue weighted by atomic mass is 16.5. The number of hydrogen-bond donors (Lipinski definition) is 1. The van der Waals surface area contributed by atoms with Crippen LogP contribution in [0.25, 0.3) is 0 Å². The fraction of sp³-hybridized carbons (Fsp3) is 0.233. The summed E-state index contributed by atoms with van der Waals surface area (Å²) in [6.07, 6.45) is 7.65. The number of allylic oxidation sites excluding steroid dienone is 2. The van der Waals surface area contributed by atoms with Crippen molar-refractivity contribution in [2.24, 2.45) is 0 Å². The van der Waals surface area contributed by atoms with Crippen molar-refractivity contribution < 1.29 is 14.6 Å². The topological polar surface area (TPSA) is 77.2 Å². The lowest BCUT2D eigenvalue weighted by atomic mass is 9.79. The van der Waals surface area contributed by atoms with Gasteiger partial charge in [0.25, 0.3) is 0 Å². The third kappa shape index (κ3) is 4.93. The lowest BCUT2D eigenvalue weighted by molar-refractivity contribution is -0.139. The van der Waals surface area contributed by atoms with Crippen LogP contribution in [-0.2, 0) is 11.2 Å². The van der Waals surface area contributed by atoms with Crippen LogP contribution in [0.15, 0.2) is 97.2 Å². The zero-order valence-electron chi connectivity index (χ0n) is 20.2. The first-order valence-corrected chi connectivity index (χ1v) is 12.2. The van der Waals surface area contributed by atoms with Gasteiger partial charge in [0, 0.05) is 17.9 Å². The Bertz CT molecular complexity index is 1310. The van der Waals surface area contributed by atoms with E-state index in [-0.39, 0.29) is 24.5 Å². The average Bonchev–Trinajstić information content (AvgIpc) is 3.39. The molecule has 1 aliphatic carbocycles. The van der Waals surface area contributed by atoms with Gasteiger partial charge in [0.15, 0.2) is 6.61 Å². The van der Waals surface area contributed by atoms with Crippen LogP contribution in [0.4, 0.5) is 0 Å². The molecule has 0 aliphatic heterocycles. The van der Waals surface area contributed by atoms with Crippen LogP contribution in [0.2, 0.25) is 0 Å². The molecule has 0 fully saturated rings. The van der Waals surface area contributed by atoms with Gasteiger partial charge in [-0.25, -0.2) is 4.79 Å². The van der Waals surface area contributed by atoms with Crippen LogP contribution in [-0.4, -0.2) is 32.7 Å². The van der Waals surface area contributed by atoms with E-state index < -0.39 is 5.97 Å². The quantitative estimate of drug-likeness (QED) is 0.325. The maximum atomic E-state index is 11.1. The van der Waals surface area contributed by atoms with Crippen molar-refractivity contribution in [3.63, 3.8) is 0 Å². The van der Waals surface area contributed by atoms with Gasteiger partial charge in [0.05, 0.1) is 23.9 Å². The molecule has 0 amide bonds. The summed E-state index contributed by atoms with van der Waals surface area (Å²) in [5, 5.41) is 18.9. The first kappa shape index (κ1) is 23.5. The van der Waals surface area contributed by atoms with Crippen molar-refractivity contribution in [1.82, 2.24) is 15.0 Å². The van der Waals surface area contributed by atoms with Crippen LogP contribution in [0, 0.1) is 0 Å². The third-order valence-electron chi connectivity index (χ3n) is 6.72. The monoisotopic (exact) mass is 479 g/mol. The number of aromatic nitrogens is 3. The summed E-state index contributed by atoms with van der Waals surface area (Å²) in [4.78, 5) is 13.0. The van der Waals surface area contributed by atoms with Gasteiger partial charge in [0.1, 0.15) is 5.75 Å². The predicted octanol–water partition coefficient (Wildman–Crippen LogP) is 5.77. The molecule has 1 N–H and O–H groups in total. The number of aliphatic carboxylic acids is 1. The molecule has 1 heterocycles. The highest BCUT2D eigenvalue weighted by Crippen LogP contribution is 2.42. The van der Waals surface area contributed by atoms with Crippen LogP contribution in [0.3, 0.4) is 0 Å². The molecule has 5 rings (SSSR count). The average molecular weight is 480 g/mol. The Hall–Kier alpha value is -4.19. The third-order valence-corrected chi connectivity index (χ3v) is 6.72. The van der Waals surface area contributed by atoms with Gasteiger partial charge >= 0.3 is 5.97 Å². The van der Waals surface area contributed by atoms with E-state index >= 15 is 0 Å². The molecule has 36 heavy (non-hydrogen) atoms. The van der Waals surface area contributed by atoms with E-state index in [0.717, 1.165) is 17.7 Å². The van der Waals surface area contributed by atoms with Gasteiger partial charge in [-0.15, -0.1) is 0 Å². The molecular formula is C30H29N3O3. The predicted molar refractivity (Wildman–Crippen MR) is 138 cm³/mol. The summed E-state index contributed by atoms with van der Waals surface area (Å²) in [5.74, 6) is -0.215. The molecule has 3 aromatic carbocycles. The Morgan fingerprint density at radius 3 is 2.39 bits per heavy atom. The Labute approximate surface area is 210 Å². The minimum absolute atomic E-state index is 0.0159. The van der Waals surface area contributed by atoms with Gasteiger partial charge in [-0.1, -0.05) is 84.9 Å². The molecular weight excluding hydrogens is 450 g/mol. The molecule has 0 radical (unpaired) electrons. The first-order chi connectivity index (χ1) is 17.6. The lowest BCUT2D eigenvalue weighted by Gasteiger charge is -2.30. The smallest absolute Gasteiger partial charge is 0.341 e. The van der Waals surface area contributed by atoms with E-state index in [1.807, 2.05) is 66.4 Å². The van der Waals surface area contributed by atoms with Crippen LogP contribution < -0.4 is 4.74 Å². The number of hydrogen-bond acceptors (Lipinski definition) is 4. The molecule has 4 aromatic rings. The molecule has 1 aliphatic rings. The molecule has 0 spiro atoms. The summed E-state index contributed by atoms with van der Waals surface area (Å²) < 4.78 is 5.66. The van der Waals surface area contributed by atoms with Gasteiger partial charge in [-0.3, -0.25) is 0 Å². The zero-order valence-corrected chi connectivity index (χ0v) is 20.2. The van der Waals surface area contributed by atoms with Crippen molar-refractivity contribution in [2.75, 3.05) is 6.61 Å². The van der Waals surface area contributed by atoms with Gasteiger partial charge < -0.3 is 9.84 Å². The molecule has 2 unspecified atom stereocenters. The molecule has 182 valence electrons. The summed E-state index contributed by atoms with van der Waals surface area (Å²) in [6, 6.07) is 26.7. The molecule has 1 aromatic heterocycles. The fourth-order valence-corrected chi connectivity index (χ4v) is 5.17. The zero-order chi connectivity index (χ0) is 24.9. The van der Waals surface area contributed by atoms with Crippen molar-refractivity contribution in [3.8, 4) is 5.75 Å². The Morgan fingerprint density at radius 1 is 1.06 bits per heavy atom. The Kier molecular flexibility index (Phi) is 6.94. The second-order valence-electron chi connectivity index (χ2n) is 9.08. The second-order valence-corrected chi connectivity index (χ2v) is 9.08. The second kappa shape index (κ2) is 10.6. The Balaban J connectivity index is 1.50. The summed E-state index contributed by atoms with van der Waals surface area (Å²) in [5.41, 5.74) is 5.43. The maximum Gasteiger partial charge on any atom is 0.341 e. The first-order valence-electron chi connectivity index (χ1n) is 12.2. The molecule has 0 bridgehead atoms. The molecule has 6 heteroatoms. The minimum atomic E-state index is -0.990. The molecule has 0 saturated heterocycles. The highest BCUT2D eigenvalue weighted by molar-refractivity contribution is 5.68. The number of ether oxygens (including phenoxy) is 1. The SMILES string of the molecule is CC=CC1CC(n2ncc(C(c3ccccc3)c3ccccc3)n2)Cc2c(OCC(=O)O)cccc21. The number of fused-ring (bicyclic) bond motifs is 1. The lowest BCUT2D eigenvalue weighted by Crippen LogP contribution is -2.24. The molecule has 2 atom stereocenters. The fourth-order valence-electron chi connectivity index (χ4n) is 5.17. The normalized spacial score (nSPS) is 17.3. The minimum Gasteiger partial charge on any atom is -0.482 e.